The molecule has 1 aromatic carbocycles. The van der Waals surface area contributed by atoms with Crippen LogP contribution in [0.4, 0.5) is 5.69 Å². The van der Waals surface area contributed by atoms with Crippen molar-refractivity contribution < 1.29 is 4.79 Å². The Morgan fingerprint density at radius 3 is 2.67 bits per heavy atom. The van der Waals surface area contributed by atoms with Gasteiger partial charge in [0, 0.05) is 11.6 Å². The first-order valence-electron chi connectivity index (χ1n) is 6.72. The molecule has 3 atom stereocenters. The SMILES string of the molecule is CC(Cl)c1ccccc1NC(=O)C1C2CCCC21. The molecule has 0 aliphatic heterocycles. The molecule has 1 amide bonds. The third kappa shape index (κ3) is 2.03. The van der Waals surface area contributed by atoms with E-state index in [0.29, 0.717) is 11.8 Å². The van der Waals surface area contributed by atoms with Gasteiger partial charge in [-0.05, 0) is 43.2 Å². The number of alkyl halides is 1. The van der Waals surface area contributed by atoms with Gasteiger partial charge in [0.15, 0.2) is 0 Å². The number of fused-ring (bicyclic) bond motifs is 1. The summed E-state index contributed by atoms with van der Waals surface area (Å²) in [4.78, 5) is 12.2. The minimum absolute atomic E-state index is 0.0831. The molecule has 2 aliphatic carbocycles. The van der Waals surface area contributed by atoms with Crippen LogP contribution in [-0.4, -0.2) is 5.91 Å². The van der Waals surface area contributed by atoms with Gasteiger partial charge in [0.05, 0.1) is 5.38 Å². The molecule has 3 unspecified atom stereocenters. The second kappa shape index (κ2) is 4.58. The van der Waals surface area contributed by atoms with Gasteiger partial charge in [-0.25, -0.2) is 0 Å². The minimum Gasteiger partial charge on any atom is -0.326 e. The number of hydrogen-bond acceptors (Lipinski definition) is 1. The fourth-order valence-corrected chi connectivity index (χ4v) is 3.57. The Hall–Kier alpha value is -1.02. The fraction of sp³-hybridized carbons (Fsp3) is 0.533. The lowest BCUT2D eigenvalue weighted by Gasteiger charge is -2.13. The van der Waals surface area contributed by atoms with Crippen LogP contribution in [0.25, 0.3) is 0 Å². The quantitative estimate of drug-likeness (QED) is 0.822. The van der Waals surface area contributed by atoms with Gasteiger partial charge >= 0.3 is 0 Å². The molecule has 2 aliphatic rings. The maximum absolute atomic E-state index is 12.2. The molecule has 1 aromatic rings. The largest absolute Gasteiger partial charge is 0.326 e. The zero-order valence-corrected chi connectivity index (χ0v) is 11.3. The first-order valence-corrected chi connectivity index (χ1v) is 7.16. The number of carbonyl (C=O) groups excluding carboxylic acids is 1. The maximum Gasteiger partial charge on any atom is 0.228 e. The van der Waals surface area contributed by atoms with Crippen molar-refractivity contribution in [2.24, 2.45) is 17.8 Å². The summed E-state index contributed by atoms with van der Waals surface area (Å²) in [6.45, 7) is 1.93. The number of carbonyl (C=O) groups is 1. The van der Waals surface area contributed by atoms with Crippen LogP contribution < -0.4 is 5.32 Å². The van der Waals surface area contributed by atoms with Gasteiger partial charge in [0.1, 0.15) is 0 Å². The van der Waals surface area contributed by atoms with Crippen LogP contribution in [0.5, 0.6) is 0 Å². The summed E-state index contributed by atoms with van der Waals surface area (Å²) in [6, 6.07) is 7.80. The van der Waals surface area contributed by atoms with E-state index in [9.17, 15) is 4.79 Å². The van der Waals surface area contributed by atoms with E-state index in [1.807, 2.05) is 31.2 Å². The molecule has 2 nitrogen and oxygen atoms in total. The van der Waals surface area contributed by atoms with Crippen LogP contribution in [0, 0.1) is 17.8 Å². The number of rotatable bonds is 3. The average Bonchev–Trinajstić information content (AvgIpc) is 2.84. The zero-order chi connectivity index (χ0) is 12.7. The van der Waals surface area contributed by atoms with Gasteiger partial charge in [0.2, 0.25) is 5.91 Å². The highest BCUT2D eigenvalue weighted by Gasteiger charge is 2.56. The van der Waals surface area contributed by atoms with Crippen molar-refractivity contribution in [3.63, 3.8) is 0 Å². The van der Waals surface area contributed by atoms with Crippen molar-refractivity contribution in [3.05, 3.63) is 29.8 Å². The van der Waals surface area contributed by atoms with Crippen LogP contribution in [0.15, 0.2) is 24.3 Å². The summed E-state index contributed by atoms with van der Waals surface area (Å²) in [7, 11) is 0. The van der Waals surface area contributed by atoms with Gasteiger partial charge in [-0.2, -0.15) is 0 Å². The van der Waals surface area contributed by atoms with Crippen molar-refractivity contribution in [1.82, 2.24) is 0 Å². The molecular formula is C15H18ClNO. The average molecular weight is 264 g/mol. The van der Waals surface area contributed by atoms with E-state index < -0.39 is 0 Å². The Labute approximate surface area is 113 Å². The van der Waals surface area contributed by atoms with E-state index in [4.69, 9.17) is 11.6 Å². The predicted molar refractivity (Wildman–Crippen MR) is 73.7 cm³/mol. The van der Waals surface area contributed by atoms with Gasteiger partial charge in [0.25, 0.3) is 0 Å². The van der Waals surface area contributed by atoms with E-state index in [2.05, 4.69) is 5.32 Å². The lowest BCUT2D eigenvalue weighted by Crippen LogP contribution is -2.17. The normalized spacial score (nSPS) is 30.7. The molecule has 0 saturated heterocycles. The number of benzene rings is 1. The summed E-state index contributed by atoms with van der Waals surface area (Å²) < 4.78 is 0. The molecule has 3 rings (SSSR count). The van der Waals surface area contributed by atoms with Crippen molar-refractivity contribution >= 4 is 23.2 Å². The number of hydrogen-bond donors (Lipinski definition) is 1. The Bertz CT molecular complexity index is 461. The lowest BCUT2D eigenvalue weighted by molar-refractivity contribution is -0.118. The van der Waals surface area contributed by atoms with Crippen LogP contribution >= 0.6 is 11.6 Å². The molecule has 2 saturated carbocycles. The smallest absolute Gasteiger partial charge is 0.228 e. The predicted octanol–water partition coefficient (Wildman–Crippen LogP) is 3.97. The van der Waals surface area contributed by atoms with Crippen molar-refractivity contribution in [1.29, 1.82) is 0 Å². The van der Waals surface area contributed by atoms with Crippen molar-refractivity contribution in [2.75, 3.05) is 5.32 Å². The summed E-state index contributed by atoms with van der Waals surface area (Å²) in [5.74, 6) is 1.77. The second-order valence-corrected chi connectivity index (χ2v) is 6.13. The maximum atomic E-state index is 12.2. The summed E-state index contributed by atoms with van der Waals surface area (Å²) >= 11 is 6.13. The molecule has 0 bridgehead atoms. The number of para-hydroxylation sites is 1. The Morgan fingerprint density at radius 1 is 1.33 bits per heavy atom. The number of nitrogens with one attached hydrogen (secondary N) is 1. The van der Waals surface area contributed by atoms with Gasteiger partial charge in [-0.3, -0.25) is 4.79 Å². The second-order valence-electron chi connectivity index (χ2n) is 5.48. The molecule has 0 radical (unpaired) electrons. The monoisotopic (exact) mass is 263 g/mol. The Balaban J connectivity index is 1.71. The van der Waals surface area contributed by atoms with E-state index in [-0.39, 0.29) is 17.2 Å². The fourth-order valence-electron chi connectivity index (χ4n) is 3.38. The van der Waals surface area contributed by atoms with E-state index in [1.54, 1.807) is 0 Å². The number of anilines is 1. The standard InChI is InChI=1S/C15H18ClNO/c1-9(16)10-5-2-3-8-13(10)17-15(18)14-11-6-4-7-12(11)14/h2-3,5,8-9,11-12,14H,4,6-7H2,1H3,(H,17,18). The molecule has 0 spiro atoms. The van der Waals surface area contributed by atoms with Gasteiger partial charge in [-0.15, -0.1) is 11.6 Å². The molecule has 0 aromatic heterocycles. The van der Waals surface area contributed by atoms with Crippen LogP contribution in [0.1, 0.15) is 37.1 Å². The van der Waals surface area contributed by atoms with Crippen LogP contribution in [0.2, 0.25) is 0 Å². The third-order valence-electron chi connectivity index (χ3n) is 4.36. The van der Waals surface area contributed by atoms with Crippen LogP contribution in [-0.2, 0) is 4.79 Å². The molecule has 96 valence electrons. The topological polar surface area (TPSA) is 29.1 Å². The van der Waals surface area contributed by atoms with Gasteiger partial charge < -0.3 is 5.32 Å². The molecule has 0 heterocycles. The van der Waals surface area contributed by atoms with Crippen molar-refractivity contribution in [2.45, 2.75) is 31.6 Å². The highest BCUT2D eigenvalue weighted by molar-refractivity contribution is 6.21. The van der Waals surface area contributed by atoms with E-state index in [1.165, 1.54) is 19.3 Å². The lowest BCUT2D eigenvalue weighted by atomic mass is 10.1. The first kappa shape index (κ1) is 12.0. The zero-order valence-electron chi connectivity index (χ0n) is 10.5. The molecule has 2 fully saturated rings. The van der Waals surface area contributed by atoms with E-state index in [0.717, 1.165) is 11.3 Å². The van der Waals surface area contributed by atoms with Crippen molar-refractivity contribution in [3.8, 4) is 0 Å². The Kier molecular flexibility index (Phi) is 3.06. The Morgan fingerprint density at radius 2 is 2.00 bits per heavy atom. The molecule has 3 heteroatoms. The molecule has 18 heavy (non-hydrogen) atoms. The van der Waals surface area contributed by atoms with Crippen LogP contribution in [0.3, 0.4) is 0 Å². The summed E-state index contributed by atoms with van der Waals surface area (Å²) in [6.07, 6.45) is 3.76. The molecular weight excluding hydrogens is 246 g/mol. The third-order valence-corrected chi connectivity index (χ3v) is 4.59. The first-order chi connectivity index (χ1) is 8.68. The number of amides is 1. The highest BCUT2D eigenvalue weighted by Crippen LogP contribution is 2.57. The van der Waals surface area contributed by atoms with E-state index >= 15 is 0 Å². The molecule has 1 N–H and O–H groups in total. The summed E-state index contributed by atoms with van der Waals surface area (Å²) in [5.41, 5.74) is 1.87. The van der Waals surface area contributed by atoms with Gasteiger partial charge in [-0.1, -0.05) is 24.6 Å². The summed E-state index contributed by atoms with van der Waals surface area (Å²) in [5, 5.41) is 2.98. The number of halogens is 1. The minimum atomic E-state index is -0.0831. The highest BCUT2D eigenvalue weighted by atomic mass is 35.5.